The second kappa shape index (κ2) is 8.75. The highest BCUT2D eigenvalue weighted by molar-refractivity contribution is 7.80. The van der Waals surface area contributed by atoms with E-state index in [0.29, 0.717) is 0 Å². The second-order valence-electron chi connectivity index (χ2n) is 5.71. The van der Waals surface area contributed by atoms with Crippen molar-refractivity contribution in [2.24, 2.45) is 5.41 Å². The van der Waals surface area contributed by atoms with E-state index >= 15 is 0 Å². The van der Waals surface area contributed by atoms with Gasteiger partial charge in [0.2, 0.25) is 5.91 Å². The van der Waals surface area contributed by atoms with Crippen molar-refractivity contribution < 1.29 is 37.1 Å². The van der Waals surface area contributed by atoms with E-state index in [1.54, 1.807) is 6.92 Å². The van der Waals surface area contributed by atoms with Gasteiger partial charge in [0.15, 0.2) is 0 Å². The van der Waals surface area contributed by atoms with Crippen LogP contribution in [-0.4, -0.2) is 60.6 Å². The summed E-state index contributed by atoms with van der Waals surface area (Å²) >= 11 is 4.25. The molecule has 1 saturated heterocycles. The van der Waals surface area contributed by atoms with Gasteiger partial charge in [0, 0.05) is 25.4 Å². The van der Waals surface area contributed by atoms with Gasteiger partial charge in [-0.25, -0.2) is 9.59 Å². The first-order valence-electron chi connectivity index (χ1n) is 7.64. The van der Waals surface area contributed by atoms with Crippen LogP contribution in [0.2, 0.25) is 0 Å². The molecule has 1 heterocycles. The molecule has 0 bridgehead atoms. The smallest absolute Gasteiger partial charge is 0.464 e. The molecular formula is C14H21F3N2O5S. The third kappa shape index (κ3) is 5.77. The van der Waals surface area contributed by atoms with Crippen molar-refractivity contribution in [3.63, 3.8) is 0 Å². The molecule has 1 unspecified atom stereocenters. The van der Waals surface area contributed by atoms with Crippen molar-refractivity contribution in [2.45, 2.75) is 38.9 Å². The summed E-state index contributed by atoms with van der Waals surface area (Å²) in [5.41, 5.74) is -0.817. The van der Waals surface area contributed by atoms with E-state index in [9.17, 15) is 27.6 Å². The van der Waals surface area contributed by atoms with Crippen LogP contribution in [0.4, 0.5) is 13.2 Å². The SMILES string of the molecule is CCOC(=O)C(NC(C)=O)C1(CS)CCN(OC(=O)C(F)(F)F)CC1. The molecular weight excluding hydrogens is 365 g/mol. The number of hydrogen-bond acceptors (Lipinski definition) is 7. The molecule has 0 spiro atoms. The van der Waals surface area contributed by atoms with Gasteiger partial charge in [-0.15, -0.1) is 5.06 Å². The largest absolute Gasteiger partial charge is 0.492 e. The Bertz CT molecular complexity index is 507. The Balaban J connectivity index is 2.84. The van der Waals surface area contributed by atoms with Crippen LogP contribution in [-0.2, 0) is 24.0 Å². The normalized spacial score (nSPS) is 19.0. The summed E-state index contributed by atoms with van der Waals surface area (Å²) in [5.74, 6) is -3.18. The fourth-order valence-corrected chi connectivity index (χ4v) is 3.12. The number of carbonyl (C=O) groups excluding carboxylic acids is 3. The fraction of sp³-hybridized carbons (Fsp3) is 0.786. The summed E-state index contributed by atoms with van der Waals surface area (Å²) in [6.07, 6.45) is -4.71. The molecule has 0 aromatic heterocycles. The summed E-state index contributed by atoms with van der Waals surface area (Å²) in [4.78, 5) is 38.9. The van der Waals surface area contributed by atoms with E-state index in [2.05, 4.69) is 22.8 Å². The van der Waals surface area contributed by atoms with Crippen molar-refractivity contribution in [1.82, 2.24) is 10.4 Å². The van der Waals surface area contributed by atoms with Crippen LogP contribution >= 0.6 is 12.6 Å². The van der Waals surface area contributed by atoms with Gasteiger partial charge >= 0.3 is 18.1 Å². The molecule has 1 rings (SSSR count). The number of thiol groups is 1. The van der Waals surface area contributed by atoms with Gasteiger partial charge in [0.25, 0.3) is 0 Å². The first kappa shape index (κ1) is 21.6. The number of hydrogen-bond donors (Lipinski definition) is 2. The van der Waals surface area contributed by atoms with Crippen molar-refractivity contribution in [1.29, 1.82) is 0 Å². The van der Waals surface area contributed by atoms with Gasteiger partial charge < -0.3 is 14.9 Å². The second-order valence-corrected chi connectivity index (χ2v) is 6.03. The Morgan fingerprint density at radius 1 is 1.28 bits per heavy atom. The average molecular weight is 386 g/mol. The van der Waals surface area contributed by atoms with Crippen molar-refractivity contribution in [3.8, 4) is 0 Å². The molecule has 11 heteroatoms. The molecule has 25 heavy (non-hydrogen) atoms. The van der Waals surface area contributed by atoms with Gasteiger partial charge in [-0.2, -0.15) is 25.8 Å². The van der Waals surface area contributed by atoms with Gasteiger partial charge in [0.1, 0.15) is 6.04 Å². The number of hydroxylamine groups is 2. The number of alkyl halides is 3. The molecule has 1 aliphatic heterocycles. The lowest BCUT2D eigenvalue weighted by atomic mass is 9.74. The van der Waals surface area contributed by atoms with Crippen LogP contribution in [0.1, 0.15) is 26.7 Å². The van der Waals surface area contributed by atoms with Crippen molar-refractivity contribution >= 4 is 30.5 Å². The van der Waals surface area contributed by atoms with Gasteiger partial charge in [-0.1, -0.05) is 0 Å². The third-order valence-corrected chi connectivity index (χ3v) is 4.59. The molecule has 0 radical (unpaired) electrons. The number of rotatable bonds is 6. The number of halogens is 3. The number of piperidine rings is 1. The molecule has 0 aromatic carbocycles. The van der Waals surface area contributed by atoms with Crippen LogP contribution in [0.3, 0.4) is 0 Å². The first-order chi connectivity index (χ1) is 11.6. The monoisotopic (exact) mass is 386 g/mol. The molecule has 1 atom stereocenters. The minimum Gasteiger partial charge on any atom is -0.464 e. The number of ether oxygens (including phenoxy) is 1. The maximum absolute atomic E-state index is 12.3. The highest BCUT2D eigenvalue weighted by atomic mass is 32.1. The molecule has 1 aliphatic rings. The van der Waals surface area contributed by atoms with Crippen LogP contribution in [0.25, 0.3) is 0 Å². The maximum Gasteiger partial charge on any atom is 0.492 e. The lowest BCUT2D eigenvalue weighted by Gasteiger charge is -2.43. The molecule has 7 nitrogen and oxygen atoms in total. The predicted octanol–water partition coefficient (Wildman–Crippen LogP) is 1.09. The summed E-state index contributed by atoms with van der Waals surface area (Å²) in [7, 11) is 0. The third-order valence-electron chi connectivity index (χ3n) is 3.96. The molecule has 0 aliphatic carbocycles. The number of esters is 1. The summed E-state index contributed by atoms with van der Waals surface area (Å²) in [5, 5.41) is 3.43. The van der Waals surface area contributed by atoms with E-state index in [4.69, 9.17) is 4.74 Å². The Morgan fingerprint density at radius 3 is 2.24 bits per heavy atom. The highest BCUT2D eigenvalue weighted by Gasteiger charge is 2.48. The lowest BCUT2D eigenvalue weighted by Crippen LogP contribution is -2.58. The van der Waals surface area contributed by atoms with Gasteiger partial charge in [-0.05, 0) is 25.5 Å². The first-order valence-corrected chi connectivity index (χ1v) is 8.27. The Morgan fingerprint density at radius 2 is 1.84 bits per heavy atom. The van der Waals surface area contributed by atoms with Crippen LogP contribution < -0.4 is 5.32 Å². The minimum absolute atomic E-state index is 0.0299. The van der Waals surface area contributed by atoms with Gasteiger partial charge in [-0.3, -0.25) is 4.79 Å². The molecule has 1 fully saturated rings. The standard InChI is InChI=1S/C14H21F3N2O5S/c1-3-23-11(21)10(18-9(2)20)13(8-25)4-6-19(7-5-13)24-12(22)14(15,16)17/h10,25H,3-8H2,1-2H3,(H,18,20). The van der Waals surface area contributed by atoms with Crippen LogP contribution in [0.15, 0.2) is 0 Å². The molecule has 144 valence electrons. The predicted molar refractivity (Wildman–Crippen MR) is 83.5 cm³/mol. The number of amides is 1. The fourth-order valence-electron chi connectivity index (χ4n) is 2.62. The van der Waals surface area contributed by atoms with Crippen molar-refractivity contribution in [3.05, 3.63) is 0 Å². The summed E-state index contributed by atoms with van der Waals surface area (Å²) < 4.78 is 41.8. The zero-order valence-electron chi connectivity index (χ0n) is 13.9. The zero-order valence-corrected chi connectivity index (χ0v) is 14.8. The van der Waals surface area contributed by atoms with Gasteiger partial charge in [0.05, 0.1) is 6.61 Å². The van der Waals surface area contributed by atoms with E-state index < -0.39 is 35.5 Å². The Labute approximate surface area is 148 Å². The lowest BCUT2D eigenvalue weighted by molar-refractivity contribution is -0.244. The minimum atomic E-state index is -5.08. The summed E-state index contributed by atoms with van der Waals surface area (Å²) in [6.45, 7) is 2.93. The molecule has 1 amide bonds. The number of carbonyl (C=O) groups is 3. The molecule has 0 saturated carbocycles. The number of nitrogens with one attached hydrogen (secondary N) is 1. The molecule has 0 aromatic rings. The Hall–Kier alpha value is -1.49. The summed E-state index contributed by atoms with van der Waals surface area (Å²) in [6, 6.07) is -0.983. The topological polar surface area (TPSA) is 84.9 Å². The zero-order chi connectivity index (χ0) is 19.3. The average Bonchev–Trinajstić information content (AvgIpc) is 2.53. The quantitative estimate of drug-likeness (QED) is 0.525. The molecule has 1 N–H and O–H groups in total. The maximum atomic E-state index is 12.3. The van der Waals surface area contributed by atoms with Crippen LogP contribution in [0.5, 0.6) is 0 Å². The Kier molecular flexibility index (Phi) is 7.54. The van der Waals surface area contributed by atoms with E-state index in [1.807, 2.05) is 0 Å². The van der Waals surface area contributed by atoms with E-state index in [1.165, 1.54) is 6.92 Å². The van der Waals surface area contributed by atoms with Crippen molar-refractivity contribution in [2.75, 3.05) is 25.4 Å². The highest BCUT2D eigenvalue weighted by Crippen LogP contribution is 2.37. The van der Waals surface area contributed by atoms with Crippen LogP contribution in [0, 0.1) is 5.41 Å². The van der Waals surface area contributed by atoms with E-state index in [-0.39, 0.29) is 38.3 Å². The van der Waals surface area contributed by atoms with E-state index in [0.717, 1.165) is 5.06 Å². The number of nitrogens with zero attached hydrogens (tertiary/aromatic N) is 1.